The minimum atomic E-state index is -0.247. The van der Waals surface area contributed by atoms with Crippen LogP contribution >= 0.6 is 11.6 Å². The van der Waals surface area contributed by atoms with E-state index in [-0.39, 0.29) is 5.82 Å². The molecule has 0 aliphatic rings. The molecule has 0 N–H and O–H groups in total. The van der Waals surface area contributed by atoms with E-state index in [4.69, 9.17) is 16.3 Å². The number of nitrogens with zero attached hydrogens (tertiary/aromatic N) is 3. The molecule has 4 aromatic rings. The van der Waals surface area contributed by atoms with Crippen LogP contribution in [0.5, 0.6) is 0 Å². The van der Waals surface area contributed by atoms with Gasteiger partial charge in [0.25, 0.3) is 0 Å². The number of rotatable bonds is 5. The highest BCUT2D eigenvalue weighted by Gasteiger charge is 2.13. The SMILES string of the molecule is COCc1cn(Cc2cccc(F)c2)c2cc(-c3ccncc3Cl)cnc12. The van der Waals surface area contributed by atoms with Crippen molar-refractivity contribution in [2.75, 3.05) is 7.11 Å². The average molecular weight is 382 g/mol. The summed E-state index contributed by atoms with van der Waals surface area (Å²) in [5.41, 5.74) is 5.43. The van der Waals surface area contributed by atoms with E-state index in [9.17, 15) is 4.39 Å². The van der Waals surface area contributed by atoms with Crippen LogP contribution in [0.4, 0.5) is 4.39 Å². The fraction of sp³-hybridized carbons (Fsp3) is 0.143. The monoisotopic (exact) mass is 381 g/mol. The topological polar surface area (TPSA) is 39.9 Å². The second-order valence-electron chi connectivity index (χ2n) is 6.29. The molecule has 0 fully saturated rings. The van der Waals surface area contributed by atoms with Crippen LogP contribution < -0.4 is 0 Å². The summed E-state index contributed by atoms with van der Waals surface area (Å²) in [7, 11) is 1.65. The number of benzene rings is 1. The molecule has 0 bridgehead atoms. The van der Waals surface area contributed by atoms with Gasteiger partial charge in [-0.25, -0.2) is 4.39 Å². The summed E-state index contributed by atoms with van der Waals surface area (Å²) >= 11 is 6.29. The van der Waals surface area contributed by atoms with Crippen LogP contribution in [0.15, 0.2) is 61.2 Å². The summed E-state index contributed by atoms with van der Waals surface area (Å²) in [6, 6.07) is 10.5. The first-order valence-electron chi connectivity index (χ1n) is 8.46. The largest absolute Gasteiger partial charge is 0.380 e. The molecule has 136 valence electrons. The van der Waals surface area contributed by atoms with Crippen molar-refractivity contribution in [1.29, 1.82) is 0 Å². The number of halogens is 2. The lowest BCUT2D eigenvalue weighted by atomic mass is 10.1. The van der Waals surface area contributed by atoms with Crippen molar-refractivity contribution < 1.29 is 9.13 Å². The number of hydrogen-bond acceptors (Lipinski definition) is 3. The van der Waals surface area contributed by atoms with E-state index in [1.54, 1.807) is 37.8 Å². The second kappa shape index (κ2) is 7.47. The quantitative estimate of drug-likeness (QED) is 0.483. The third-order valence-corrected chi connectivity index (χ3v) is 4.72. The molecule has 0 radical (unpaired) electrons. The molecular weight excluding hydrogens is 365 g/mol. The molecule has 0 unspecified atom stereocenters. The van der Waals surface area contributed by atoms with E-state index >= 15 is 0 Å². The maximum Gasteiger partial charge on any atom is 0.123 e. The summed E-state index contributed by atoms with van der Waals surface area (Å²) in [6.07, 6.45) is 7.12. The van der Waals surface area contributed by atoms with E-state index in [2.05, 4.69) is 14.5 Å². The molecule has 0 saturated carbocycles. The summed E-state index contributed by atoms with van der Waals surface area (Å²) in [4.78, 5) is 8.68. The van der Waals surface area contributed by atoms with Crippen LogP contribution in [0.1, 0.15) is 11.1 Å². The highest BCUT2D eigenvalue weighted by atomic mass is 35.5. The van der Waals surface area contributed by atoms with Gasteiger partial charge in [-0.3, -0.25) is 9.97 Å². The van der Waals surface area contributed by atoms with Gasteiger partial charge >= 0.3 is 0 Å². The van der Waals surface area contributed by atoms with Crippen molar-refractivity contribution in [1.82, 2.24) is 14.5 Å². The predicted octanol–water partition coefficient (Wildman–Crippen LogP) is 5.09. The number of hydrogen-bond donors (Lipinski definition) is 0. The van der Waals surface area contributed by atoms with Gasteiger partial charge in [-0.1, -0.05) is 23.7 Å². The molecular formula is C21H17ClFN3O. The smallest absolute Gasteiger partial charge is 0.123 e. The number of pyridine rings is 2. The van der Waals surface area contributed by atoms with Crippen molar-refractivity contribution in [3.05, 3.63) is 83.2 Å². The summed E-state index contributed by atoms with van der Waals surface area (Å²) < 4.78 is 20.9. The Morgan fingerprint density at radius 3 is 2.85 bits per heavy atom. The van der Waals surface area contributed by atoms with Crippen molar-refractivity contribution in [3.8, 4) is 11.1 Å². The molecule has 27 heavy (non-hydrogen) atoms. The maximum atomic E-state index is 13.6. The zero-order valence-electron chi connectivity index (χ0n) is 14.7. The Hall–Kier alpha value is -2.76. The third kappa shape index (κ3) is 3.56. The first-order chi connectivity index (χ1) is 13.2. The van der Waals surface area contributed by atoms with E-state index in [1.807, 2.05) is 24.4 Å². The molecule has 4 rings (SSSR count). The number of fused-ring (bicyclic) bond motifs is 1. The Labute approximate surface area is 161 Å². The Kier molecular flexibility index (Phi) is 4.88. The Balaban J connectivity index is 1.84. The molecule has 3 heterocycles. The van der Waals surface area contributed by atoms with Crippen LogP contribution in [0.3, 0.4) is 0 Å². The summed E-state index contributed by atoms with van der Waals surface area (Å²) in [6.45, 7) is 0.988. The highest BCUT2D eigenvalue weighted by Crippen LogP contribution is 2.30. The van der Waals surface area contributed by atoms with Crippen LogP contribution in [0.25, 0.3) is 22.2 Å². The first-order valence-corrected chi connectivity index (χ1v) is 8.84. The lowest BCUT2D eigenvalue weighted by molar-refractivity contribution is 0.185. The van der Waals surface area contributed by atoms with Crippen LogP contribution in [0.2, 0.25) is 5.02 Å². The zero-order valence-corrected chi connectivity index (χ0v) is 15.4. The molecule has 1 aromatic carbocycles. The van der Waals surface area contributed by atoms with E-state index in [0.717, 1.165) is 33.3 Å². The molecule has 0 aliphatic heterocycles. The van der Waals surface area contributed by atoms with Gasteiger partial charge < -0.3 is 9.30 Å². The zero-order chi connectivity index (χ0) is 18.8. The van der Waals surface area contributed by atoms with Gasteiger partial charge in [-0.15, -0.1) is 0 Å². The third-order valence-electron chi connectivity index (χ3n) is 4.42. The maximum absolute atomic E-state index is 13.6. The molecule has 0 amide bonds. The van der Waals surface area contributed by atoms with E-state index < -0.39 is 0 Å². The normalized spacial score (nSPS) is 11.2. The fourth-order valence-corrected chi connectivity index (χ4v) is 3.45. The van der Waals surface area contributed by atoms with E-state index in [1.165, 1.54) is 6.07 Å². The molecule has 0 saturated heterocycles. The molecule has 6 heteroatoms. The van der Waals surface area contributed by atoms with Gasteiger partial charge in [0.1, 0.15) is 5.82 Å². The minimum absolute atomic E-state index is 0.247. The first kappa shape index (κ1) is 17.6. The fourth-order valence-electron chi connectivity index (χ4n) is 3.22. The molecule has 0 atom stereocenters. The van der Waals surface area contributed by atoms with Crippen LogP contribution in [0, 0.1) is 5.82 Å². The lowest BCUT2D eigenvalue weighted by Gasteiger charge is -2.08. The van der Waals surface area contributed by atoms with Crippen LogP contribution in [-0.4, -0.2) is 21.6 Å². The van der Waals surface area contributed by atoms with Crippen molar-refractivity contribution in [2.45, 2.75) is 13.2 Å². The number of ether oxygens (including phenoxy) is 1. The van der Waals surface area contributed by atoms with Gasteiger partial charge in [0.15, 0.2) is 0 Å². The lowest BCUT2D eigenvalue weighted by Crippen LogP contribution is -1.99. The van der Waals surface area contributed by atoms with Crippen LogP contribution in [-0.2, 0) is 17.9 Å². The molecule has 4 nitrogen and oxygen atoms in total. The second-order valence-corrected chi connectivity index (χ2v) is 6.70. The predicted molar refractivity (Wildman–Crippen MR) is 104 cm³/mol. The van der Waals surface area contributed by atoms with Gasteiger partial charge in [0.2, 0.25) is 0 Å². The average Bonchev–Trinajstić information content (AvgIpc) is 2.99. The summed E-state index contributed by atoms with van der Waals surface area (Å²) in [5, 5.41) is 0.569. The molecule has 3 aromatic heterocycles. The molecule has 0 aliphatic carbocycles. The standard InChI is InChI=1S/C21H17ClFN3O/c1-27-13-16-12-26(11-14-3-2-4-17(23)7-14)20-8-15(9-25-21(16)20)18-5-6-24-10-19(18)22/h2-10,12H,11,13H2,1H3. The number of aromatic nitrogens is 3. The minimum Gasteiger partial charge on any atom is -0.380 e. The van der Waals surface area contributed by atoms with Gasteiger partial charge in [0, 0.05) is 55.1 Å². The Morgan fingerprint density at radius 1 is 1.19 bits per heavy atom. The van der Waals surface area contributed by atoms with Crippen molar-refractivity contribution in [2.24, 2.45) is 0 Å². The number of methoxy groups -OCH3 is 1. The van der Waals surface area contributed by atoms with Gasteiger partial charge in [-0.05, 0) is 29.8 Å². The highest BCUT2D eigenvalue weighted by molar-refractivity contribution is 6.33. The van der Waals surface area contributed by atoms with Gasteiger partial charge in [-0.2, -0.15) is 0 Å². The Morgan fingerprint density at radius 2 is 2.07 bits per heavy atom. The van der Waals surface area contributed by atoms with Gasteiger partial charge in [0.05, 0.1) is 22.7 Å². The summed E-state index contributed by atoms with van der Waals surface area (Å²) in [5.74, 6) is -0.247. The molecule has 0 spiro atoms. The Bertz CT molecular complexity index is 1110. The van der Waals surface area contributed by atoms with E-state index in [0.29, 0.717) is 18.2 Å². The van der Waals surface area contributed by atoms with Crippen molar-refractivity contribution >= 4 is 22.6 Å². The van der Waals surface area contributed by atoms with Crippen molar-refractivity contribution in [3.63, 3.8) is 0 Å².